The van der Waals surface area contributed by atoms with Gasteiger partial charge in [0.05, 0.1) is 22.1 Å². The van der Waals surface area contributed by atoms with E-state index in [-0.39, 0.29) is 28.1 Å². The Morgan fingerprint density at radius 2 is 2.17 bits per heavy atom. The zero-order valence-corrected chi connectivity index (χ0v) is 11.7. The molecule has 0 saturated heterocycles. The van der Waals surface area contributed by atoms with Crippen LogP contribution in [0.3, 0.4) is 0 Å². The summed E-state index contributed by atoms with van der Waals surface area (Å²) >= 11 is 3.03. The monoisotopic (exact) mass is 316 g/mol. The van der Waals surface area contributed by atoms with E-state index in [2.05, 4.69) is 15.9 Å². The van der Waals surface area contributed by atoms with Crippen LogP contribution in [0, 0.1) is 17.0 Å². The quantitative estimate of drug-likeness (QED) is 0.616. The van der Waals surface area contributed by atoms with Crippen molar-refractivity contribution in [3.63, 3.8) is 0 Å². The Labute approximate surface area is 112 Å². The lowest BCUT2D eigenvalue weighted by Gasteiger charge is -2.07. The Kier molecular flexibility index (Phi) is 4.77. The van der Waals surface area contributed by atoms with Gasteiger partial charge in [-0.3, -0.25) is 19.7 Å². The second kappa shape index (κ2) is 5.90. The fraction of sp³-hybridized carbons (Fsp3) is 0.455. The maximum atomic E-state index is 11.8. The Balaban J connectivity index is 3.25. The Hall–Kier alpha value is -1.50. The first kappa shape index (κ1) is 14.6. The van der Waals surface area contributed by atoms with E-state index in [0.29, 0.717) is 12.8 Å². The summed E-state index contributed by atoms with van der Waals surface area (Å²) in [5, 5.41) is 10.8. The summed E-state index contributed by atoms with van der Waals surface area (Å²) in [6.45, 7) is 3.21. The molecule has 0 amide bonds. The van der Waals surface area contributed by atoms with Crippen LogP contribution in [0.25, 0.3) is 0 Å². The molecule has 1 heterocycles. The van der Waals surface area contributed by atoms with E-state index >= 15 is 0 Å². The Morgan fingerprint density at radius 3 is 2.67 bits per heavy atom. The van der Waals surface area contributed by atoms with Crippen molar-refractivity contribution in [2.45, 2.75) is 33.2 Å². The molecule has 0 atom stereocenters. The molecular weight excluding hydrogens is 304 g/mol. The topological polar surface area (TPSA) is 82.2 Å². The smallest absolute Gasteiger partial charge is 0.289 e. The van der Waals surface area contributed by atoms with Gasteiger partial charge in [0.25, 0.3) is 11.2 Å². The molecule has 0 N–H and O–H groups in total. The molecule has 1 aromatic rings. The zero-order chi connectivity index (χ0) is 13.9. The minimum atomic E-state index is -0.569. The number of hydrogen-bond acceptors (Lipinski definition) is 4. The van der Waals surface area contributed by atoms with E-state index < -0.39 is 10.5 Å². The number of hydrogen-bond donors (Lipinski definition) is 0. The van der Waals surface area contributed by atoms with Crippen molar-refractivity contribution in [2.24, 2.45) is 0 Å². The molecule has 0 spiro atoms. The van der Waals surface area contributed by atoms with Crippen LogP contribution < -0.4 is 5.56 Å². The molecule has 1 aromatic heterocycles. The number of carbonyl (C=O) groups is 1. The van der Waals surface area contributed by atoms with Gasteiger partial charge in [-0.05, 0) is 29.3 Å². The highest BCUT2D eigenvalue weighted by molar-refractivity contribution is 9.10. The molecule has 18 heavy (non-hydrogen) atoms. The van der Waals surface area contributed by atoms with Gasteiger partial charge in [-0.25, -0.2) is 0 Å². The minimum absolute atomic E-state index is 0.121. The van der Waals surface area contributed by atoms with Crippen LogP contribution in [0.5, 0.6) is 0 Å². The van der Waals surface area contributed by atoms with E-state index in [1.165, 1.54) is 6.92 Å². The number of rotatable bonds is 5. The SMILES string of the molecule is CCCC(=O)Cn1cc([N+](=O)[O-])c(C)c(Br)c1=O. The van der Waals surface area contributed by atoms with E-state index in [1.54, 1.807) is 0 Å². The predicted octanol–water partition coefficient (Wildman–Crippen LogP) is 2.20. The van der Waals surface area contributed by atoms with Crippen LogP contribution in [-0.4, -0.2) is 15.3 Å². The van der Waals surface area contributed by atoms with Crippen molar-refractivity contribution in [3.8, 4) is 0 Å². The van der Waals surface area contributed by atoms with Gasteiger partial charge < -0.3 is 4.57 Å². The van der Waals surface area contributed by atoms with E-state index in [9.17, 15) is 19.7 Å². The maximum absolute atomic E-state index is 11.8. The number of nitro groups is 1. The highest BCUT2D eigenvalue weighted by atomic mass is 79.9. The third-order valence-electron chi connectivity index (χ3n) is 2.51. The van der Waals surface area contributed by atoms with E-state index in [1.807, 2.05) is 6.92 Å². The Morgan fingerprint density at radius 1 is 1.56 bits per heavy atom. The molecule has 0 fully saturated rings. The first-order valence-electron chi connectivity index (χ1n) is 5.44. The molecule has 0 unspecified atom stereocenters. The zero-order valence-electron chi connectivity index (χ0n) is 10.1. The number of aromatic nitrogens is 1. The third-order valence-corrected chi connectivity index (χ3v) is 3.45. The minimum Gasteiger partial charge on any atom is -0.300 e. The van der Waals surface area contributed by atoms with Crippen LogP contribution in [0.2, 0.25) is 0 Å². The van der Waals surface area contributed by atoms with Crippen LogP contribution >= 0.6 is 15.9 Å². The van der Waals surface area contributed by atoms with Gasteiger partial charge in [0.1, 0.15) is 0 Å². The van der Waals surface area contributed by atoms with Crippen molar-refractivity contribution in [1.29, 1.82) is 0 Å². The van der Waals surface area contributed by atoms with E-state index in [0.717, 1.165) is 10.8 Å². The lowest BCUT2D eigenvalue weighted by atomic mass is 10.2. The molecule has 0 saturated carbocycles. The number of Topliss-reactive ketones (excluding diaryl/α,β-unsaturated/α-hetero) is 1. The normalized spacial score (nSPS) is 10.4. The number of carbonyl (C=O) groups excluding carboxylic acids is 1. The van der Waals surface area contributed by atoms with Gasteiger partial charge in [0.2, 0.25) is 0 Å². The number of nitrogens with zero attached hydrogens (tertiary/aromatic N) is 2. The summed E-state index contributed by atoms with van der Waals surface area (Å²) in [5.41, 5.74) is -0.336. The molecule has 1 rings (SSSR count). The Bertz CT molecular complexity index is 551. The summed E-state index contributed by atoms with van der Waals surface area (Å²) in [6.07, 6.45) is 2.16. The fourth-order valence-electron chi connectivity index (χ4n) is 1.55. The standard InChI is InChI=1S/C11H13BrN2O4/c1-3-4-8(15)5-13-6-9(14(17)18)7(2)10(12)11(13)16/h6H,3-5H2,1-2H3. The number of halogens is 1. The van der Waals surface area contributed by atoms with Gasteiger partial charge in [-0.15, -0.1) is 0 Å². The van der Waals surface area contributed by atoms with Gasteiger partial charge in [0, 0.05) is 12.0 Å². The van der Waals surface area contributed by atoms with E-state index in [4.69, 9.17) is 0 Å². The summed E-state index contributed by atoms with van der Waals surface area (Å²) in [4.78, 5) is 33.6. The molecule has 0 radical (unpaired) electrons. The molecule has 6 nitrogen and oxygen atoms in total. The highest BCUT2D eigenvalue weighted by Gasteiger charge is 2.19. The molecule has 0 aliphatic heterocycles. The maximum Gasteiger partial charge on any atom is 0.289 e. The average molecular weight is 317 g/mol. The summed E-state index contributed by atoms with van der Waals surface area (Å²) in [6, 6.07) is 0. The molecule has 0 bridgehead atoms. The van der Waals surface area contributed by atoms with Gasteiger partial charge in [0.15, 0.2) is 5.78 Å². The molecule has 0 aliphatic carbocycles. The second-order valence-corrected chi connectivity index (χ2v) is 4.73. The molecular formula is C11H13BrN2O4. The molecule has 98 valence electrons. The number of ketones is 1. The van der Waals surface area contributed by atoms with Crippen molar-refractivity contribution in [1.82, 2.24) is 4.57 Å². The lowest BCUT2D eigenvalue weighted by molar-refractivity contribution is -0.386. The van der Waals surface area contributed by atoms with Crippen molar-refractivity contribution in [3.05, 3.63) is 36.7 Å². The molecule has 7 heteroatoms. The van der Waals surface area contributed by atoms with Crippen LogP contribution in [0.4, 0.5) is 5.69 Å². The fourth-order valence-corrected chi connectivity index (χ4v) is 1.98. The van der Waals surface area contributed by atoms with Crippen LogP contribution in [-0.2, 0) is 11.3 Å². The van der Waals surface area contributed by atoms with Crippen molar-refractivity contribution < 1.29 is 9.72 Å². The largest absolute Gasteiger partial charge is 0.300 e. The average Bonchev–Trinajstić information content (AvgIpc) is 2.30. The summed E-state index contributed by atoms with van der Waals surface area (Å²) in [5.74, 6) is -0.121. The first-order chi connectivity index (χ1) is 8.38. The number of pyridine rings is 1. The summed E-state index contributed by atoms with van der Waals surface area (Å²) < 4.78 is 1.20. The first-order valence-corrected chi connectivity index (χ1v) is 6.23. The van der Waals surface area contributed by atoms with Gasteiger partial charge >= 0.3 is 0 Å². The lowest BCUT2D eigenvalue weighted by Crippen LogP contribution is -2.25. The second-order valence-electron chi connectivity index (χ2n) is 3.93. The van der Waals surface area contributed by atoms with Crippen LogP contribution in [0.15, 0.2) is 15.5 Å². The van der Waals surface area contributed by atoms with Crippen molar-refractivity contribution >= 4 is 27.4 Å². The van der Waals surface area contributed by atoms with Gasteiger partial charge in [-0.1, -0.05) is 6.92 Å². The van der Waals surface area contributed by atoms with Crippen LogP contribution in [0.1, 0.15) is 25.3 Å². The predicted molar refractivity (Wildman–Crippen MR) is 69.7 cm³/mol. The molecule has 0 aliphatic rings. The third kappa shape index (κ3) is 3.04. The summed E-state index contributed by atoms with van der Waals surface area (Å²) in [7, 11) is 0. The van der Waals surface area contributed by atoms with Gasteiger partial charge in [-0.2, -0.15) is 0 Å². The molecule has 0 aromatic carbocycles. The van der Waals surface area contributed by atoms with Crippen molar-refractivity contribution in [2.75, 3.05) is 0 Å². The highest BCUT2D eigenvalue weighted by Crippen LogP contribution is 2.22.